The summed E-state index contributed by atoms with van der Waals surface area (Å²) in [6.45, 7) is 9.19. The first-order valence-electron chi connectivity index (χ1n) is 18.3. The van der Waals surface area contributed by atoms with Crippen LogP contribution in [0.15, 0.2) is 60.8 Å². The lowest BCUT2D eigenvalue weighted by atomic mass is 10.1. The molecule has 2 nitrogen and oxygen atoms in total. The largest absolute Gasteiger partial charge is 0.379 e. The molecule has 0 N–H and O–H groups in total. The molecule has 42 heavy (non-hydrogen) atoms. The predicted molar refractivity (Wildman–Crippen MR) is 189 cm³/mol. The third-order valence-corrected chi connectivity index (χ3v) is 7.65. The van der Waals surface area contributed by atoms with E-state index in [0.29, 0.717) is 0 Å². The fraction of sp³-hybridized carbons (Fsp3) is 0.750. The van der Waals surface area contributed by atoms with E-state index in [2.05, 4.69) is 81.5 Å². The van der Waals surface area contributed by atoms with Crippen molar-refractivity contribution in [1.29, 1.82) is 0 Å². The van der Waals surface area contributed by atoms with Crippen LogP contribution < -0.4 is 0 Å². The van der Waals surface area contributed by atoms with Crippen LogP contribution in [0.3, 0.4) is 0 Å². The van der Waals surface area contributed by atoms with E-state index in [9.17, 15) is 0 Å². The highest BCUT2D eigenvalue weighted by Gasteiger charge is 2.06. The first-order valence-corrected chi connectivity index (χ1v) is 18.3. The summed E-state index contributed by atoms with van der Waals surface area (Å²) in [5.74, 6) is 0. The lowest BCUT2D eigenvalue weighted by Gasteiger charge is -2.16. The van der Waals surface area contributed by atoms with Crippen LogP contribution in [0.4, 0.5) is 0 Å². The van der Waals surface area contributed by atoms with Gasteiger partial charge in [0.15, 0.2) is 0 Å². The van der Waals surface area contributed by atoms with Crippen molar-refractivity contribution < 1.29 is 9.47 Å². The topological polar surface area (TPSA) is 18.5 Å². The molecule has 0 saturated carbocycles. The average Bonchev–Trinajstić information content (AvgIpc) is 3.00. The summed E-state index contributed by atoms with van der Waals surface area (Å²) < 4.78 is 12.0. The van der Waals surface area contributed by atoms with Crippen molar-refractivity contribution in [3.8, 4) is 0 Å². The minimum Gasteiger partial charge on any atom is -0.379 e. The summed E-state index contributed by atoms with van der Waals surface area (Å²) >= 11 is 0. The van der Waals surface area contributed by atoms with Crippen LogP contribution in [0.25, 0.3) is 0 Å². The van der Waals surface area contributed by atoms with E-state index in [4.69, 9.17) is 9.47 Å². The summed E-state index contributed by atoms with van der Waals surface area (Å²) in [6.07, 6.45) is 52.1. The molecule has 0 radical (unpaired) electrons. The third kappa shape index (κ3) is 34.8. The Morgan fingerprint density at radius 3 is 1.36 bits per heavy atom. The Hall–Kier alpha value is -1.38. The summed E-state index contributed by atoms with van der Waals surface area (Å²) in [7, 11) is 0. The molecular weight excluding hydrogens is 512 g/mol. The standard InChI is InChI=1S/C40H72O2/c1-4-7-9-11-13-15-17-19-21-23-25-27-29-31-33-35-37-41-39-40(6-3)42-38-36-34-32-30-28-26-24-22-20-18-16-14-12-10-8-5-2/h8,10,13-16,19-22,40H,4-7,9,11-12,17-18,23-39H2,1-3H3/b10-8-,15-13-,16-14-,21-19-,22-20-. The average molecular weight is 585 g/mol. The number of rotatable bonds is 33. The second-order valence-corrected chi connectivity index (χ2v) is 11.8. The quantitative estimate of drug-likeness (QED) is 0.0564. The first-order chi connectivity index (χ1) is 20.8. The SMILES string of the molecule is CC/C=C\C/C=C\C/C=C\CCCCCCCCOC(CC)COCCCCCCCC/C=C\C/C=C\CCCCC. The van der Waals surface area contributed by atoms with Crippen molar-refractivity contribution in [1.82, 2.24) is 0 Å². The molecule has 1 unspecified atom stereocenters. The summed E-state index contributed by atoms with van der Waals surface area (Å²) in [4.78, 5) is 0. The van der Waals surface area contributed by atoms with E-state index in [0.717, 1.165) is 51.9 Å². The van der Waals surface area contributed by atoms with Crippen LogP contribution in [0.5, 0.6) is 0 Å². The molecule has 0 amide bonds. The van der Waals surface area contributed by atoms with Gasteiger partial charge in [-0.25, -0.2) is 0 Å². The lowest BCUT2D eigenvalue weighted by molar-refractivity contribution is -0.0200. The fourth-order valence-corrected chi connectivity index (χ4v) is 4.84. The Morgan fingerprint density at radius 1 is 0.429 bits per heavy atom. The van der Waals surface area contributed by atoms with Crippen LogP contribution >= 0.6 is 0 Å². The second kappa shape index (κ2) is 37.6. The molecule has 0 aromatic rings. The van der Waals surface area contributed by atoms with Crippen LogP contribution in [0, 0.1) is 0 Å². The molecule has 0 aliphatic rings. The van der Waals surface area contributed by atoms with Crippen LogP contribution in [0.2, 0.25) is 0 Å². The Morgan fingerprint density at radius 2 is 0.857 bits per heavy atom. The minimum absolute atomic E-state index is 0.268. The van der Waals surface area contributed by atoms with Crippen molar-refractivity contribution in [2.24, 2.45) is 0 Å². The van der Waals surface area contributed by atoms with Crippen molar-refractivity contribution in [3.63, 3.8) is 0 Å². The van der Waals surface area contributed by atoms with E-state index in [1.54, 1.807) is 0 Å². The van der Waals surface area contributed by atoms with Gasteiger partial charge >= 0.3 is 0 Å². The maximum Gasteiger partial charge on any atom is 0.0805 e. The van der Waals surface area contributed by atoms with Gasteiger partial charge in [0.05, 0.1) is 12.7 Å². The Labute approximate surface area is 264 Å². The van der Waals surface area contributed by atoms with Gasteiger partial charge < -0.3 is 9.47 Å². The molecule has 0 aromatic heterocycles. The maximum atomic E-state index is 6.09. The number of hydrogen-bond donors (Lipinski definition) is 0. The highest BCUT2D eigenvalue weighted by atomic mass is 16.5. The molecule has 2 heteroatoms. The van der Waals surface area contributed by atoms with Gasteiger partial charge in [0.25, 0.3) is 0 Å². The molecule has 1 atom stereocenters. The van der Waals surface area contributed by atoms with Crippen molar-refractivity contribution >= 4 is 0 Å². The lowest BCUT2D eigenvalue weighted by Crippen LogP contribution is -2.20. The van der Waals surface area contributed by atoms with E-state index in [1.807, 2.05) is 0 Å². The summed E-state index contributed by atoms with van der Waals surface area (Å²) in [5.41, 5.74) is 0. The van der Waals surface area contributed by atoms with Gasteiger partial charge in [-0.3, -0.25) is 0 Å². The van der Waals surface area contributed by atoms with Gasteiger partial charge in [-0.2, -0.15) is 0 Å². The highest BCUT2D eigenvalue weighted by Crippen LogP contribution is 2.11. The Balaban J connectivity index is 3.39. The van der Waals surface area contributed by atoms with Crippen LogP contribution in [-0.4, -0.2) is 25.9 Å². The maximum absolute atomic E-state index is 6.09. The number of allylic oxidation sites excluding steroid dienone is 10. The minimum atomic E-state index is 0.268. The zero-order valence-corrected chi connectivity index (χ0v) is 28.6. The molecule has 0 spiro atoms. The number of hydrogen-bond acceptors (Lipinski definition) is 2. The van der Waals surface area contributed by atoms with Crippen LogP contribution in [0.1, 0.15) is 168 Å². The predicted octanol–water partition coefficient (Wildman–Crippen LogP) is 13.2. The van der Waals surface area contributed by atoms with E-state index in [1.165, 1.54) is 116 Å². The second-order valence-electron chi connectivity index (χ2n) is 11.8. The summed E-state index contributed by atoms with van der Waals surface area (Å²) in [6, 6.07) is 0. The van der Waals surface area contributed by atoms with Crippen LogP contribution in [-0.2, 0) is 9.47 Å². The molecular formula is C40H72O2. The van der Waals surface area contributed by atoms with E-state index in [-0.39, 0.29) is 6.10 Å². The molecule has 0 aromatic carbocycles. The number of ether oxygens (including phenoxy) is 2. The third-order valence-electron chi connectivity index (χ3n) is 7.65. The Bertz CT molecular complexity index is 642. The zero-order valence-electron chi connectivity index (χ0n) is 28.6. The Kier molecular flexibility index (Phi) is 36.4. The van der Waals surface area contributed by atoms with Gasteiger partial charge in [0, 0.05) is 13.2 Å². The first kappa shape index (κ1) is 40.6. The molecule has 0 fully saturated rings. The van der Waals surface area contributed by atoms with E-state index >= 15 is 0 Å². The van der Waals surface area contributed by atoms with Gasteiger partial charge in [-0.05, 0) is 83.5 Å². The van der Waals surface area contributed by atoms with Gasteiger partial charge in [0.1, 0.15) is 0 Å². The number of unbranched alkanes of at least 4 members (excludes halogenated alkanes) is 15. The molecule has 0 aliphatic carbocycles. The summed E-state index contributed by atoms with van der Waals surface area (Å²) in [5, 5.41) is 0. The van der Waals surface area contributed by atoms with Crippen molar-refractivity contribution in [2.75, 3.05) is 19.8 Å². The molecule has 0 bridgehead atoms. The zero-order chi connectivity index (χ0) is 30.4. The fourth-order valence-electron chi connectivity index (χ4n) is 4.84. The van der Waals surface area contributed by atoms with E-state index < -0.39 is 0 Å². The molecule has 244 valence electrons. The monoisotopic (exact) mass is 585 g/mol. The normalized spacial score (nSPS) is 13.3. The van der Waals surface area contributed by atoms with Gasteiger partial charge in [-0.1, -0.05) is 146 Å². The van der Waals surface area contributed by atoms with Crippen molar-refractivity contribution in [3.05, 3.63) is 60.8 Å². The van der Waals surface area contributed by atoms with Gasteiger partial charge in [-0.15, -0.1) is 0 Å². The molecule has 0 heterocycles. The van der Waals surface area contributed by atoms with Gasteiger partial charge in [0.2, 0.25) is 0 Å². The molecule has 0 saturated heterocycles. The smallest absolute Gasteiger partial charge is 0.0805 e. The molecule has 0 rings (SSSR count). The molecule has 0 aliphatic heterocycles. The highest BCUT2D eigenvalue weighted by molar-refractivity contribution is 4.97. The van der Waals surface area contributed by atoms with Crippen molar-refractivity contribution in [2.45, 2.75) is 175 Å².